The van der Waals surface area contributed by atoms with Crippen molar-refractivity contribution in [2.45, 2.75) is 86.0 Å². The van der Waals surface area contributed by atoms with Crippen LogP contribution in [0.1, 0.15) is 86.0 Å². The third-order valence-electron chi connectivity index (χ3n) is 5.98. The molecule has 0 aromatic carbocycles. The molecule has 0 N–H and O–H groups in total. The smallest absolute Gasteiger partial charge is 0.330 e. The molecule has 0 bridgehead atoms. The zero-order chi connectivity index (χ0) is 20.6. The third kappa shape index (κ3) is 6.65. The number of allylic oxidation sites excluding steroid dienone is 9. The van der Waals surface area contributed by atoms with E-state index in [2.05, 4.69) is 45.1 Å². The Labute approximate surface area is 172 Å². The molecule has 0 aliphatic heterocycles. The second kappa shape index (κ2) is 10.6. The lowest BCUT2D eigenvalue weighted by atomic mass is 9.72. The van der Waals surface area contributed by atoms with E-state index < -0.39 is 0 Å². The number of carbonyl (C=O) groups excluding carboxylic acids is 1. The van der Waals surface area contributed by atoms with Crippen LogP contribution in [0.2, 0.25) is 0 Å². The summed E-state index contributed by atoms with van der Waals surface area (Å²) in [6.45, 7) is 11.3. The normalized spacial score (nSPS) is 21.5. The molecule has 0 spiro atoms. The minimum atomic E-state index is -0.262. The van der Waals surface area contributed by atoms with Crippen LogP contribution in [0, 0.1) is 5.41 Å². The topological polar surface area (TPSA) is 26.3 Å². The van der Waals surface area contributed by atoms with Gasteiger partial charge < -0.3 is 4.74 Å². The number of carbonyl (C=O) groups is 1. The number of hydrogen-bond donors (Lipinski definition) is 0. The zero-order valence-electron chi connectivity index (χ0n) is 18.6. The molecule has 0 aromatic rings. The molecule has 0 heterocycles. The van der Waals surface area contributed by atoms with Gasteiger partial charge in [-0.25, -0.2) is 4.79 Å². The fraction of sp³-hybridized carbons (Fsp3) is 0.577. The summed E-state index contributed by atoms with van der Waals surface area (Å²) in [5.74, 6) is -0.262. The Bertz CT molecular complexity index is 711. The summed E-state index contributed by atoms with van der Waals surface area (Å²) in [7, 11) is 0. The Balaban J connectivity index is 2.25. The first kappa shape index (κ1) is 22.5. The Morgan fingerprint density at radius 2 is 1.68 bits per heavy atom. The molecule has 0 saturated heterocycles. The average Bonchev–Trinajstić information content (AvgIpc) is 2.84. The van der Waals surface area contributed by atoms with Crippen molar-refractivity contribution in [1.29, 1.82) is 0 Å². The SMILES string of the molecule is CCOC(=O)/C=C(C)/C=C/C1=C(C=CC2=C(C)CCCC2(C)C)CCCCC1. The first-order valence-corrected chi connectivity index (χ1v) is 11.0. The van der Waals surface area contributed by atoms with E-state index in [4.69, 9.17) is 4.74 Å². The highest BCUT2D eigenvalue weighted by molar-refractivity contribution is 5.83. The quantitative estimate of drug-likeness (QED) is 0.272. The maximum atomic E-state index is 11.6. The van der Waals surface area contributed by atoms with Gasteiger partial charge in [0.05, 0.1) is 6.61 Å². The average molecular weight is 383 g/mol. The van der Waals surface area contributed by atoms with Crippen molar-refractivity contribution in [3.8, 4) is 0 Å². The Hall–Kier alpha value is -1.83. The molecule has 154 valence electrons. The van der Waals surface area contributed by atoms with E-state index in [0.29, 0.717) is 6.61 Å². The maximum absolute atomic E-state index is 11.6. The molecule has 2 aliphatic rings. The van der Waals surface area contributed by atoms with Gasteiger partial charge in [0.15, 0.2) is 0 Å². The van der Waals surface area contributed by atoms with Gasteiger partial charge in [0.25, 0.3) is 0 Å². The van der Waals surface area contributed by atoms with Gasteiger partial charge in [-0.3, -0.25) is 0 Å². The molecule has 0 fully saturated rings. The van der Waals surface area contributed by atoms with Gasteiger partial charge in [-0.1, -0.05) is 50.1 Å². The van der Waals surface area contributed by atoms with Crippen molar-refractivity contribution in [2.24, 2.45) is 5.41 Å². The van der Waals surface area contributed by atoms with Gasteiger partial charge in [0.2, 0.25) is 0 Å². The predicted octanol–water partition coefficient (Wildman–Crippen LogP) is 7.40. The van der Waals surface area contributed by atoms with Crippen molar-refractivity contribution in [3.05, 3.63) is 58.2 Å². The largest absolute Gasteiger partial charge is 0.463 e. The van der Waals surface area contributed by atoms with Crippen LogP contribution >= 0.6 is 0 Å². The number of hydrogen-bond acceptors (Lipinski definition) is 2. The van der Waals surface area contributed by atoms with Gasteiger partial charge in [0, 0.05) is 6.08 Å². The van der Waals surface area contributed by atoms with Crippen LogP contribution in [-0.2, 0) is 9.53 Å². The zero-order valence-corrected chi connectivity index (χ0v) is 18.6. The molecular formula is C26H38O2. The Kier molecular flexibility index (Phi) is 8.54. The van der Waals surface area contributed by atoms with Crippen LogP contribution in [0.4, 0.5) is 0 Å². The lowest BCUT2D eigenvalue weighted by Gasteiger charge is -2.33. The molecule has 2 heteroatoms. The first-order chi connectivity index (χ1) is 13.3. The van der Waals surface area contributed by atoms with Crippen LogP contribution < -0.4 is 0 Å². The van der Waals surface area contributed by atoms with Crippen molar-refractivity contribution < 1.29 is 9.53 Å². The fourth-order valence-electron chi connectivity index (χ4n) is 4.35. The Morgan fingerprint density at radius 3 is 2.32 bits per heavy atom. The van der Waals surface area contributed by atoms with E-state index in [-0.39, 0.29) is 11.4 Å². The Morgan fingerprint density at radius 1 is 1.00 bits per heavy atom. The highest BCUT2D eigenvalue weighted by Gasteiger charge is 2.26. The molecule has 0 unspecified atom stereocenters. The van der Waals surface area contributed by atoms with E-state index >= 15 is 0 Å². The van der Waals surface area contributed by atoms with E-state index in [1.54, 1.807) is 11.6 Å². The van der Waals surface area contributed by atoms with Crippen LogP contribution in [0.25, 0.3) is 0 Å². The van der Waals surface area contributed by atoms with Crippen LogP contribution in [0.3, 0.4) is 0 Å². The van der Waals surface area contributed by atoms with Crippen molar-refractivity contribution in [3.63, 3.8) is 0 Å². The molecule has 2 rings (SSSR count). The van der Waals surface area contributed by atoms with Crippen LogP contribution in [-0.4, -0.2) is 12.6 Å². The van der Waals surface area contributed by atoms with Crippen molar-refractivity contribution in [1.82, 2.24) is 0 Å². The monoisotopic (exact) mass is 382 g/mol. The van der Waals surface area contributed by atoms with Crippen LogP contribution in [0.5, 0.6) is 0 Å². The molecule has 2 nitrogen and oxygen atoms in total. The predicted molar refractivity (Wildman–Crippen MR) is 119 cm³/mol. The van der Waals surface area contributed by atoms with Gasteiger partial charge in [0.1, 0.15) is 0 Å². The van der Waals surface area contributed by atoms with E-state index in [9.17, 15) is 4.79 Å². The summed E-state index contributed by atoms with van der Waals surface area (Å²) >= 11 is 0. The molecule has 28 heavy (non-hydrogen) atoms. The summed E-state index contributed by atoms with van der Waals surface area (Å²) in [5.41, 5.74) is 7.16. The second-order valence-electron chi connectivity index (χ2n) is 8.85. The van der Waals surface area contributed by atoms with Gasteiger partial charge in [-0.2, -0.15) is 0 Å². The summed E-state index contributed by atoms with van der Waals surface area (Å²) in [5, 5.41) is 0. The number of rotatable bonds is 6. The van der Waals surface area contributed by atoms with Gasteiger partial charge in [-0.15, -0.1) is 0 Å². The van der Waals surface area contributed by atoms with E-state index in [1.807, 2.05) is 13.8 Å². The summed E-state index contributed by atoms with van der Waals surface area (Å²) in [4.78, 5) is 11.6. The molecule has 0 atom stereocenters. The molecule has 2 aliphatic carbocycles. The van der Waals surface area contributed by atoms with Crippen LogP contribution in [0.15, 0.2) is 58.2 Å². The maximum Gasteiger partial charge on any atom is 0.330 e. The van der Waals surface area contributed by atoms with Crippen molar-refractivity contribution in [2.75, 3.05) is 6.61 Å². The highest BCUT2D eigenvalue weighted by Crippen LogP contribution is 2.41. The molecule has 0 saturated carbocycles. The summed E-state index contributed by atoms with van der Waals surface area (Å²) in [6, 6.07) is 0. The minimum absolute atomic E-state index is 0.262. The first-order valence-electron chi connectivity index (χ1n) is 11.0. The highest BCUT2D eigenvalue weighted by atomic mass is 16.5. The lowest BCUT2D eigenvalue weighted by Crippen LogP contribution is -2.19. The summed E-state index contributed by atoms with van der Waals surface area (Å²) in [6.07, 6.45) is 20.5. The van der Waals surface area contributed by atoms with Gasteiger partial charge >= 0.3 is 5.97 Å². The van der Waals surface area contributed by atoms with E-state index in [1.165, 1.54) is 55.2 Å². The molecule has 0 radical (unpaired) electrons. The van der Waals surface area contributed by atoms with E-state index in [0.717, 1.165) is 18.4 Å². The number of esters is 1. The standard InChI is InChI=1S/C26H38O2/c1-6-28-25(27)19-20(2)14-15-22-12-8-7-9-13-23(22)16-17-24-21(3)11-10-18-26(24,4)5/h14-17,19H,6-13,18H2,1-5H3/b15-14+,17-16?,20-19+. The minimum Gasteiger partial charge on any atom is -0.463 e. The molecular weight excluding hydrogens is 344 g/mol. The second-order valence-corrected chi connectivity index (χ2v) is 8.85. The lowest BCUT2D eigenvalue weighted by molar-refractivity contribution is -0.137. The molecule has 0 amide bonds. The van der Waals surface area contributed by atoms with Gasteiger partial charge in [-0.05, 0) is 93.4 Å². The van der Waals surface area contributed by atoms with Crippen molar-refractivity contribution >= 4 is 5.97 Å². The molecule has 0 aromatic heterocycles. The third-order valence-corrected chi connectivity index (χ3v) is 5.98. The number of ether oxygens (including phenoxy) is 1. The fourth-order valence-corrected chi connectivity index (χ4v) is 4.35. The summed E-state index contributed by atoms with van der Waals surface area (Å²) < 4.78 is 5.00.